The van der Waals surface area contributed by atoms with Crippen LogP contribution < -0.4 is 16.4 Å². The van der Waals surface area contributed by atoms with Crippen LogP contribution in [0.4, 0.5) is 5.13 Å². The zero-order chi connectivity index (χ0) is 23.1. The SMILES string of the molecule is C=CC1=C(C(=O)O)N[C@@H]([C@H](NC(=O)/C(=N\OCC(=O)O)c2csc(N)n2)C(=O)O)SC1. The van der Waals surface area contributed by atoms with E-state index in [0.717, 1.165) is 23.1 Å². The number of hydrogen-bond acceptors (Lipinski definition) is 11. The summed E-state index contributed by atoms with van der Waals surface area (Å²) in [5, 5.41) is 36.2. The van der Waals surface area contributed by atoms with Crippen molar-refractivity contribution in [3.05, 3.63) is 35.0 Å². The molecule has 1 aromatic rings. The van der Waals surface area contributed by atoms with E-state index in [-0.39, 0.29) is 22.3 Å². The molecule has 0 saturated heterocycles. The second kappa shape index (κ2) is 10.4. The number of thioether (sulfide) groups is 1. The molecule has 0 saturated carbocycles. The van der Waals surface area contributed by atoms with Gasteiger partial charge in [0, 0.05) is 11.1 Å². The standard InChI is InChI=1S/C16H17N5O8S2/c1-2-6-4-30-13(20-9(6)14(25)26)11(15(27)28)19-12(24)10(21-29-3-8(22)23)7-5-31-16(17)18-7/h2,5,11,13,20H,1,3-4H2,(H2,17,18)(H,19,24)(H,22,23)(H,25,26)(H,27,28)/b21-10-/t11-,13+/m0/s1. The number of nitrogen functional groups attached to an aromatic ring is 1. The summed E-state index contributed by atoms with van der Waals surface area (Å²) in [6, 6.07) is -1.58. The molecule has 1 amide bonds. The molecule has 166 valence electrons. The Balaban J connectivity index is 2.27. The minimum absolute atomic E-state index is 0.0566. The minimum atomic E-state index is -1.58. The molecule has 13 nitrogen and oxygen atoms in total. The van der Waals surface area contributed by atoms with Gasteiger partial charge in [-0.1, -0.05) is 17.8 Å². The van der Waals surface area contributed by atoms with Crippen LogP contribution in [0, 0.1) is 0 Å². The summed E-state index contributed by atoms with van der Waals surface area (Å²) < 4.78 is 0. The average Bonchev–Trinajstić information content (AvgIpc) is 3.14. The van der Waals surface area contributed by atoms with E-state index in [1.807, 2.05) is 0 Å². The number of carbonyl (C=O) groups excluding carboxylic acids is 1. The van der Waals surface area contributed by atoms with Crippen molar-refractivity contribution >= 4 is 57.8 Å². The van der Waals surface area contributed by atoms with Crippen molar-refractivity contribution in [2.45, 2.75) is 11.4 Å². The number of carboxylic acid groups (broad SMARTS) is 3. The maximum absolute atomic E-state index is 12.7. The Bertz CT molecular complexity index is 973. The molecule has 1 aromatic heterocycles. The number of nitrogens with zero attached hydrogens (tertiary/aromatic N) is 2. The second-order valence-corrected chi connectivity index (χ2v) is 7.77. The number of carbonyl (C=O) groups is 4. The van der Waals surface area contributed by atoms with Gasteiger partial charge in [-0.2, -0.15) is 0 Å². The van der Waals surface area contributed by atoms with E-state index in [2.05, 4.69) is 32.2 Å². The van der Waals surface area contributed by atoms with Crippen LogP contribution in [0.2, 0.25) is 0 Å². The first kappa shape index (κ1) is 23.7. The average molecular weight is 471 g/mol. The molecule has 1 aliphatic rings. The fourth-order valence-electron chi connectivity index (χ4n) is 2.30. The number of rotatable bonds is 10. The van der Waals surface area contributed by atoms with Crippen LogP contribution in [0.1, 0.15) is 5.69 Å². The molecule has 0 spiro atoms. The van der Waals surface area contributed by atoms with Crippen molar-refractivity contribution in [2.24, 2.45) is 5.16 Å². The van der Waals surface area contributed by atoms with E-state index in [9.17, 15) is 29.4 Å². The zero-order valence-corrected chi connectivity index (χ0v) is 17.2. The van der Waals surface area contributed by atoms with Gasteiger partial charge in [0.2, 0.25) is 6.61 Å². The van der Waals surface area contributed by atoms with Crippen molar-refractivity contribution in [1.82, 2.24) is 15.6 Å². The van der Waals surface area contributed by atoms with Gasteiger partial charge in [-0.05, 0) is 5.57 Å². The third kappa shape index (κ3) is 6.19. The molecule has 2 atom stereocenters. The summed E-state index contributed by atoms with van der Waals surface area (Å²) in [4.78, 5) is 55.0. The van der Waals surface area contributed by atoms with Crippen LogP contribution >= 0.6 is 23.1 Å². The van der Waals surface area contributed by atoms with E-state index < -0.39 is 47.5 Å². The van der Waals surface area contributed by atoms with Gasteiger partial charge in [-0.3, -0.25) is 4.79 Å². The van der Waals surface area contributed by atoms with E-state index in [4.69, 9.17) is 10.8 Å². The first-order valence-corrected chi connectivity index (χ1v) is 10.2. The maximum atomic E-state index is 12.7. The highest BCUT2D eigenvalue weighted by Gasteiger charge is 2.36. The normalized spacial score (nSPS) is 17.3. The zero-order valence-electron chi connectivity index (χ0n) is 15.6. The van der Waals surface area contributed by atoms with Crippen LogP contribution in [0.3, 0.4) is 0 Å². The summed E-state index contributed by atoms with van der Waals surface area (Å²) in [6.45, 7) is 2.67. The number of aromatic nitrogens is 1. The Labute approximate surface area is 182 Å². The van der Waals surface area contributed by atoms with Crippen molar-refractivity contribution in [3.63, 3.8) is 0 Å². The van der Waals surface area contributed by atoms with Crippen LogP contribution in [0.25, 0.3) is 0 Å². The number of nitrogens with one attached hydrogen (secondary N) is 2. The summed E-state index contributed by atoms with van der Waals surface area (Å²) in [5.74, 6) is -5.00. The van der Waals surface area contributed by atoms with Gasteiger partial charge in [-0.25, -0.2) is 19.4 Å². The molecule has 0 unspecified atom stereocenters. The van der Waals surface area contributed by atoms with E-state index in [1.54, 1.807) is 0 Å². The lowest BCUT2D eigenvalue weighted by Gasteiger charge is -2.30. The van der Waals surface area contributed by atoms with Gasteiger partial charge in [0.25, 0.3) is 5.91 Å². The summed E-state index contributed by atoms with van der Waals surface area (Å²) in [7, 11) is 0. The maximum Gasteiger partial charge on any atom is 0.352 e. The summed E-state index contributed by atoms with van der Waals surface area (Å²) in [6.07, 6.45) is 1.34. The molecule has 7 N–H and O–H groups in total. The Kier molecular flexibility index (Phi) is 7.98. The molecule has 0 bridgehead atoms. The number of amides is 1. The molecular weight excluding hydrogens is 454 g/mol. The predicted molar refractivity (Wildman–Crippen MR) is 110 cm³/mol. The van der Waals surface area contributed by atoms with Crippen molar-refractivity contribution in [1.29, 1.82) is 0 Å². The third-order valence-electron chi connectivity index (χ3n) is 3.67. The number of nitrogens with two attached hydrogens (primary N) is 1. The first-order chi connectivity index (χ1) is 14.6. The van der Waals surface area contributed by atoms with E-state index in [1.165, 1.54) is 11.5 Å². The molecule has 2 rings (SSSR count). The van der Waals surface area contributed by atoms with E-state index >= 15 is 0 Å². The second-order valence-electron chi connectivity index (χ2n) is 5.75. The largest absolute Gasteiger partial charge is 0.480 e. The topological polar surface area (TPSA) is 214 Å². The van der Waals surface area contributed by atoms with E-state index in [0.29, 0.717) is 5.57 Å². The lowest BCUT2D eigenvalue weighted by atomic mass is 10.2. The van der Waals surface area contributed by atoms with Crippen LogP contribution in [-0.2, 0) is 24.0 Å². The quantitative estimate of drug-likeness (QED) is 0.184. The van der Waals surface area contributed by atoms with Crippen molar-refractivity contribution < 1.29 is 39.3 Å². The third-order valence-corrected chi connectivity index (χ3v) is 5.57. The fraction of sp³-hybridized carbons (Fsp3) is 0.250. The molecular formula is C16H17N5O8S2. The van der Waals surface area contributed by atoms with Crippen molar-refractivity contribution in [2.75, 3.05) is 18.1 Å². The van der Waals surface area contributed by atoms with Gasteiger partial charge >= 0.3 is 17.9 Å². The Morgan fingerprint density at radius 3 is 2.65 bits per heavy atom. The minimum Gasteiger partial charge on any atom is -0.480 e. The molecule has 0 aromatic carbocycles. The van der Waals surface area contributed by atoms with Gasteiger partial charge < -0.3 is 36.5 Å². The Morgan fingerprint density at radius 2 is 2.13 bits per heavy atom. The number of aliphatic carboxylic acids is 3. The van der Waals surface area contributed by atoms with Gasteiger partial charge in [-0.15, -0.1) is 23.1 Å². The van der Waals surface area contributed by atoms with Gasteiger partial charge in [0.1, 0.15) is 16.8 Å². The predicted octanol–water partition coefficient (Wildman–Crippen LogP) is -0.713. The highest BCUT2D eigenvalue weighted by molar-refractivity contribution is 8.00. The van der Waals surface area contributed by atoms with Crippen LogP contribution in [-0.4, -0.2) is 73.6 Å². The number of anilines is 1. The summed E-state index contributed by atoms with van der Waals surface area (Å²) in [5.41, 5.74) is 5.12. The molecule has 15 heteroatoms. The Morgan fingerprint density at radius 1 is 1.42 bits per heavy atom. The highest BCUT2D eigenvalue weighted by Crippen LogP contribution is 2.25. The summed E-state index contributed by atoms with van der Waals surface area (Å²) >= 11 is 2.02. The lowest BCUT2D eigenvalue weighted by Crippen LogP contribution is -2.55. The highest BCUT2D eigenvalue weighted by atomic mass is 32.2. The number of oxime groups is 1. The Hall–Kier alpha value is -3.59. The molecule has 0 aliphatic carbocycles. The lowest BCUT2D eigenvalue weighted by molar-refractivity contribution is -0.142. The molecule has 1 aliphatic heterocycles. The first-order valence-electron chi connectivity index (χ1n) is 8.27. The van der Waals surface area contributed by atoms with Crippen molar-refractivity contribution in [3.8, 4) is 0 Å². The van der Waals surface area contributed by atoms with Gasteiger partial charge in [0.05, 0.1) is 0 Å². The molecule has 31 heavy (non-hydrogen) atoms. The smallest absolute Gasteiger partial charge is 0.352 e. The molecule has 0 fully saturated rings. The molecule has 2 heterocycles. The number of thiazole rings is 1. The monoisotopic (exact) mass is 471 g/mol. The van der Waals surface area contributed by atoms with Crippen LogP contribution in [0.5, 0.6) is 0 Å². The number of hydrogen-bond donors (Lipinski definition) is 6. The fourth-order valence-corrected chi connectivity index (χ4v) is 4.04. The molecule has 0 radical (unpaired) electrons. The van der Waals surface area contributed by atoms with Crippen LogP contribution in [0.15, 0.2) is 34.5 Å². The van der Waals surface area contributed by atoms with Gasteiger partial charge in [0.15, 0.2) is 16.9 Å². The number of allylic oxidation sites excluding steroid dienone is 1. The number of carboxylic acids is 3.